The molecule has 0 saturated carbocycles. The van der Waals surface area contributed by atoms with Crippen molar-refractivity contribution in [2.24, 2.45) is 0 Å². The number of likely N-dealkylation sites (tertiary alicyclic amines) is 1. The number of aliphatic hydroxyl groups excluding tert-OH is 1. The van der Waals surface area contributed by atoms with Crippen molar-refractivity contribution in [1.29, 1.82) is 0 Å². The topological polar surface area (TPSA) is 48.4 Å². The van der Waals surface area contributed by atoms with Crippen molar-refractivity contribution in [3.8, 4) is 0 Å². The molecule has 4 nitrogen and oxygen atoms in total. The highest BCUT2D eigenvalue weighted by molar-refractivity contribution is 5.82. The second-order valence-electron chi connectivity index (χ2n) is 6.21. The summed E-state index contributed by atoms with van der Waals surface area (Å²) in [6, 6.07) is 6.86. The van der Waals surface area contributed by atoms with Gasteiger partial charge in [-0.2, -0.15) is 0 Å². The van der Waals surface area contributed by atoms with Crippen LogP contribution < -0.4 is 5.32 Å². The molecule has 1 aliphatic heterocycles. The lowest BCUT2D eigenvalue weighted by atomic mass is 10.1. The summed E-state index contributed by atoms with van der Waals surface area (Å²) in [6.07, 6.45) is 4.45. The summed E-state index contributed by atoms with van der Waals surface area (Å²) in [4.78, 5) is 6.72. The Labute approximate surface area is 136 Å². The average Bonchev–Trinajstić information content (AvgIpc) is 2.58. The molecule has 2 N–H and O–H groups in total. The molecule has 0 atom stereocenters. The third-order valence-electron chi connectivity index (χ3n) is 4.50. The number of nitrogens with zero attached hydrogens (tertiary/aromatic N) is 2. The first-order valence-corrected chi connectivity index (χ1v) is 8.37. The van der Waals surface area contributed by atoms with Gasteiger partial charge in [0.2, 0.25) is 0 Å². The Morgan fingerprint density at radius 3 is 2.91 bits per heavy atom. The highest BCUT2D eigenvalue weighted by Gasteiger charge is 2.15. The Kier molecular flexibility index (Phi) is 5.54. The fourth-order valence-corrected chi connectivity index (χ4v) is 3.13. The number of benzene rings is 1. The SMILES string of the molecule is OC1CCN(CCCNCc2ccc(F)c3cccnc23)CC1. The highest BCUT2D eigenvalue weighted by Crippen LogP contribution is 2.19. The summed E-state index contributed by atoms with van der Waals surface area (Å²) >= 11 is 0. The normalized spacial score (nSPS) is 17.0. The van der Waals surface area contributed by atoms with Crippen LogP contribution in [0.25, 0.3) is 10.9 Å². The molecule has 1 aliphatic rings. The van der Waals surface area contributed by atoms with Crippen molar-refractivity contribution < 1.29 is 9.50 Å². The molecule has 0 unspecified atom stereocenters. The second kappa shape index (κ2) is 7.81. The van der Waals surface area contributed by atoms with Crippen LogP contribution in [-0.2, 0) is 6.54 Å². The van der Waals surface area contributed by atoms with Crippen molar-refractivity contribution in [2.75, 3.05) is 26.2 Å². The first kappa shape index (κ1) is 16.3. The minimum atomic E-state index is -0.218. The van der Waals surface area contributed by atoms with Crippen LogP contribution in [0.1, 0.15) is 24.8 Å². The summed E-state index contributed by atoms with van der Waals surface area (Å²) in [6.45, 7) is 4.67. The predicted molar refractivity (Wildman–Crippen MR) is 89.7 cm³/mol. The molecule has 1 fully saturated rings. The van der Waals surface area contributed by atoms with E-state index in [9.17, 15) is 9.50 Å². The lowest BCUT2D eigenvalue weighted by Crippen LogP contribution is -2.37. The monoisotopic (exact) mass is 317 g/mol. The molecular weight excluding hydrogens is 293 g/mol. The first-order chi connectivity index (χ1) is 11.2. The van der Waals surface area contributed by atoms with E-state index in [1.165, 1.54) is 6.07 Å². The fraction of sp³-hybridized carbons (Fsp3) is 0.500. The summed E-state index contributed by atoms with van der Waals surface area (Å²) in [5.74, 6) is -0.218. The molecule has 0 radical (unpaired) electrons. The van der Waals surface area contributed by atoms with Gasteiger partial charge in [0, 0.05) is 31.2 Å². The average molecular weight is 317 g/mol. The molecule has 1 saturated heterocycles. The van der Waals surface area contributed by atoms with Crippen molar-refractivity contribution in [3.63, 3.8) is 0 Å². The van der Waals surface area contributed by atoms with E-state index in [4.69, 9.17) is 0 Å². The Hall–Kier alpha value is -1.56. The van der Waals surface area contributed by atoms with Crippen LogP contribution in [0.4, 0.5) is 4.39 Å². The second-order valence-corrected chi connectivity index (χ2v) is 6.21. The summed E-state index contributed by atoms with van der Waals surface area (Å²) < 4.78 is 13.8. The molecule has 0 aliphatic carbocycles. The van der Waals surface area contributed by atoms with E-state index in [0.717, 1.165) is 56.5 Å². The molecule has 2 heterocycles. The minimum Gasteiger partial charge on any atom is -0.393 e. The lowest BCUT2D eigenvalue weighted by molar-refractivity contribution is 0.0821. The number of rotatable bonds is 6. The molecule has 0 bridgehead atoms. The zero-order valence-corrected chi connectivity index (χ0v) is 13.3. The van der Waals surface area contributed by atoms with Gasteiger partial charge < -0.3 is 15.3 Å². The van der Waals surface area contributed by atoms with Gasteiger partial charge in [0.1, 0.15) is 5.82 Å². The largest absolute Gasteiger partial charge is 0.393 e. The summed E-state index contributed by atoms with van der Waals surface area (Å²) in [5, 5.41) is 13.5. The van der Waals surface area contributed by atoms with Gasteiger partial charge >= 0.3 is 0 Å². The summed E-state index contributed by atoms with van der Waals surface area (Å²) in [7, 11) is 0. The lowest BCUT2D eigenvalue weighted by Gasteiger charge is -2.29. The van der Waals surface area contributed by atoms with E-state index < -0.39 is 0 Å². The quantitative estimate of drug-likeness (QED) is 0.803. The predicted octanol–water partition coefficient (Wildman–Crippen LogP) is 2.31. The molecule has 3 rings (SSSR count). The standard InChI is InChI=1S/C18H24FN3O/c19-17-5-4-14(18-16(17)3-1-9-21-18)13-20-8-2-10-22-11-6-15(23)7-12-22/h1,3-5,9,15,20,23H,2,6-8,10-13H2. The number of hydrogen-bond donors (Lipinski definition) is 2. The van der Waals surface area contributed by atoms with Gasteiger partial charge in [-0.15, -0.1) is 0 Å². The van der Waals surface area contributed by atoms with Gasteiger partial charge in [-0.25, -0.2) is 4.39 Å². The first-order valence-electron chi connectivity index (χ1n) is 8.37. The van der Waals surface area contributed by atoms with Crippen LogP contribution in [0, 0.1) is 5.82 Å². The van der Waals surface area contributed by atoms with Gasteiger partial charge in [-0.1, -0.05) is 6.07 Å². The maximum absolute atomic E-state index is 13.8. The number of aromatic nitrogens is 1. The van der Waals surface area contributed by atoms with E-state index in [0.29, 0.717) is 11.9 Å². The molecule has 1 aromatic carbocycles. The molecule has 0 spiro atoms. The van der Waals surface area contributed by atoms with E-state index >= 15 is 0 Å². The summed E-state index contributed by atoms with van der Waals surface area (Å²) in [5.41, 5.74) is 1.77. The molecule has 0 amide bonds. The van der Waals surface area contributed by atoms with E-state index in [1.54, 1.807) is 18.3 Å². The van der Waals surface area contributed by atoms with Gasteiger partial charge in [0.05, 0.1) is 11.6 Å². The zero-order valence-electron chi connectivity index (χ0n) is 13.3. The Morgan fingerprint density at radius 2 is 2.09 bits per heavy atom. The van der Waals surface area contributed by atoms with Crippen LogP contribution in [0.3, 0.4) is 0 Å². The van der Waals surface area contributed by atoms with Crippen molar-refractivity contribution in [2.45, 2.75) is 31.9 Å². The Bertz CT molecular complexity index is 641. The number of piperidine rings is 1. The number of pyridine rings is 1. The van der Waals surface area contributed by atoms with Crippen LogP contribution >= 0.6 is 0 Å². The molecule has 2 aromatic rings. The molecule has 23 heavy (non-hydrogen) atoms. The van der Waals surface area contributed by atoms with Crippen LogP contribution in [-0.4, -0.2) is 47.3 Å². The molecule has 1 aromatic heterocycles. The van der Waals surface area contributed by atoms with E-state index in [1.807, 2.05) is 6.07 Å². The Morgan fingerprint density at radius 1 is 1.26 bits per heavy atom. The number of fused-ring (bicyclic) bond motifs is 1. The van der Waals surface area contributed by atoms with Crippen LogP contribution in [0.5, 0.6) is 0 Å². The number of hydrogen-bond acceptors (Lipinski definition) is 4. The molecular formula is C18H24FN3O. The van der Waals surface area contributed by atoms with Crippen LogP contribution in [0.2, 0.25) is 0 Å². The minimum absolute atomic E-state index is 0.108. The maximum atomic E-state index is 13.8. The van der Waals surface area contributed by atoms with Gasteiger partial charge in [-0.3, -0.25) is 4.98 Å². The van der Waals surface area contributed by atoms with Crippen molar-refractivity contribution in [3.05, 3.63) is 41.8 Å². The van der Waals surface area contributed by atoms with Gasteiger partial charge in [0.15, 0.2) is 0 Å². The number of aliphatic hydroxyl groups is 1. The van der Waals surface area contributed by atoms with E-state index in [-0.39, 0.29) is 11.9 Å². The Balaban J connectivity index is 1.45. The zero-order chi connectivity index (χ0) is 16.1. The fourth-order valence-electron chi connectivity index (χ4n) is 3.13. The van der Waals surface area contributed by atoms with Crippen molar-refractivity contribution >= 4 is 10.9 Å². The third-order valence-corrected chi connectivity index (χ3v) is 4.50. The number of halogens is 1. The van der Waals surface area contributed by atoms with E-state index in [2.05, 4.69) is 15.2 Å². The third kappa shape index (κ3) is 4.25. The van der Waals surface area contributed by atoms with Gasteiger partial charge in [-0.05, 0) is 56.1 Å². The highest BCUT2D eigenvalue weighted by atomic mass is 19.1. The smallest absolute Gasteiger partial charge is 0.132 e. The van der Waals surface area contributed by atoms with Gasteiger partial charge in [0.25, 0.3) is 0 Å². The molecule has 124 valence electrons. The van der Waals surface area contributed by atoms with Crippen LogP contribution in [0.15, 0.2) is 30.5 Å². The molecule has 5 heteroatoms. The maximum Gasteiger partial charge on any atom is 0.132 e. The number of nitrogens with one attached hydrogen (secondary N) is 1. The van der Waals surface area contributed by atoms with Crippen molar-refractivity contribution in [1.82, 2.24) is 15.2 Å².